The number of amides is 1. The molecule has 80 valence electrons. The summed E-state index contributed by atoms with van der Waals surface area (Å²) >= 11 is 0. The van der Waals surface area contributed by atoms with Crippen molar-refractivity contribution < 1.29 is 9.21 Å². The van der Waals surface area contributed by atoms with Crippen LogP contribution in [0, 0.1) is 0 Å². The second-order valence-corrected chi connectivity index (χ2v) is 4.36. The smallest absolute Gasteiger partial charge is 0.225 e. The van der Waals surface area contributed by atoms with Gasteiger partial charge in [-0.05, 0) is 25.0 Å². The second-order valence-electron chi connectivity index (χ2n) is 4.36. The summed E-state index contributed by atoms with van der Waals surface area (Å²) in [5, 5.41) is 0. The van der Waals surface area contributed by atoms with Crippen LogP contribution in [0.4, 0.5) is 0 Å². The van der Waals surface area contributed by atoms with Crippen molar-refractivity contribution in [1.29, 1.82) is 0 Å². The van der Waals surface area contributed by atoms with Gasteiger partial charge in [0.05, 0.1) is 6.26 Å². The first-order valence-electron chi connectivity index (χ1n) is 5.37. The lowest BCUT2D eigenvalue weighted by atomic mass is 10.1. The van der Waals surface area contributed by atoms with Crippen LogP contribution in [0.3, 0.4) is 0 Å². The Bertz CT molecular complexity index is 370. The summed E-state index contributed by atoms with van der Waals surface area (Å²) < 4.78 is 5.37. The minimum Gasteiger partial charge on any atom is -0.467 e. The van der Waals surface area contributed by atoms with Gasteiger partial charge in [-0.2, -0.15) is 0 Å². The van der Waals surface area contributed by atoms with E-state index in [-0.39, 0.29) is 18.0 Å². The largest absolute Gasteiger partial charge is 0.467 e. The van der Waals surface area contributed by atoms with Crippen LogP contribution < -0.4 is 5.73 Å². The number of nitrogens with two attached hydrogens (primary N) is 1. The summed E-state index contributed by atoms with van der Waals surface area (Å²) in [7, 11) is 0. The van der Waals surface area contributed by atoms with Crippen LogP contribution in [0.2, 0.25) is 0 Å². The molecule has 0 radical (unpaired) electrons. The topological polar surface area (TPSA) is 59.5 Å². The van der Waals surface area contributed by atoms with Crippen molar-refractivity contribution in [1.82, 2.24) is 4.90 Å². The minimum atomic E-state index is -0.121. The highest BCUT2D eigenvalue weighted by atomic mass is 16.3. The number of furan rings is 1. The SMILES string of the molecule is NC1CC(=O)N(C2CC2)C1c1ccco1. The fourth-order valence-electron chi connectivity index (χ4n) is 2.37. The molecule has 0 spiro atoms. The molecular weight excluding hydrogens is 192 g/mol. The molecular formula is C11H14N2O2. The van der Waals surface area contributed by atoms with E-state index < -0.39 is 0 Å². The third kappa shape index (κ3) is 1.36. The summed E-state index contributed by atoms with van der Waals surface area (Å²) in [6.45, 7) is 0. The van der Waals surface area contributed by atoms with Gasteiger partial charge in [0.25, 0.3) is 0 Å². The minimum absolute atomic E-state index is 0.0417. The Morgan fingerprint density at radius 3 is 2.87 bits per heavy atom. The van der Waals surface area contributed by atoms with Crippen molar-refractivity contribution in [2.75, 3.05) is 0 Å². The van der Waals surface area contributed by atoms with E-state index in [4.69, 9.17) is 10.2 Å². The molecule has 2 unspecified atom stereocenters. The Morgan fingerprint density at radius 2 is 2.27 bits per heavy atom. The lowest BCUT2D eigenvalue weighted by Crippen LogP contribution is -2.34. The number of hydrogen-bond donors (Lipinski definition) is 1. The standard InChI is InChI=1S/C11H14N2O2/c12-8-6-10(14)13(7-3-4-7)11(8)9-2-1-5-15-9/h1-2,5,7-8,11H,3-4,6,12H2. The summed E-state index contributed by atoms with van der Waals surface area (Å²) in [5.41, 5.74) is 5.99. The average Bonchev–Trinajstić information content (AvgIpc) is 2.79. The number of nitrogens with zero attached hydrogens (tertiary/aromatic N) is 1. The zero-order valence-corrected chi connectivity index (χ0v) is 8.43. The van der Waals surface area contributed by atoms with E-state index in [1.54, 1.807) is 6.26 Å². The van der Waals surface area contributed by atoms with Crippen molar-refractivity contribution in [2.45, 2.75) is 37.4 Å². The molecule has 2 heterocycles. The number of carbonyl (C=O) groups excluding carboxylic acids is 1. The number of likely N-dealkylation sites (tertiary alicyclic amines) is 1. The molecule has 2 atom stereocenters. The summed E-state index contributed by atoms with van der Waals surface area (Å²) in [6, 6.07) is 3.99. The molecule has 1 amide bonds. The van der Waals surface area contributed by atoms with Crippen LogP contribution >= 0.6 is 0 Å². The van der Waals surface area contributed by atoms with E-state index in [0.717, 1.165) is 18.6 Å². The van der Waals surface area contributed by atoms with Gasteiger partial charge in [-0.15, -0.1) is 0 Å². The predicted octanol–water partition coefficient (Wildman–Crippen LogP) is 1.04. The van der Waals surface area contributed by atoms with Crippen molar-refractivity contribution in [2.24, 2.45) is 5.73 Å². The molecule has 4 heteroatoms. The Kier molecular flexibility index (Phi) is 1.85. The van der Waals surface area contributed by atoms with Gasteiger partial charge in [-0.25, -0.2) is 0 Å². The fourth-order valence-corrected chi connectivity index (χ4v) is 2.37. The van der Waals surface area contributed by atoms with E-state index in [1.807, 2.05) is 17.0 Å². The lowest BCUT2D eigenvalue weighted by Gasteiger charge is -2.24. The number of carbonyl (C=O) groups is 1. The van der Waals surface area contributed by atoms with Crippen molar-refractivity contribution in [3.05, 3.63) is 24.2 Å². The highest BCUT2D eigenvalue weighted by molar-refractivity contribution is 5.80. The second kappa shape index (κ2) is 3.10. The van der Waals surface area contributed by atoms with Gasteiger partial charge in [-0.3, -0.25) is 4.79 Å². The maximum atomic E-state index is 11.8. The van der Waals surface area contributed by atoms with Gasteiger partial charge in [-0.1, -0.05) is 0 Å². The monoisotopic (exact) mass is 206 g/mol. The highest BCUT2D eigenvalue weighted by Crippen LogP contribution is 2.41. The number of rotatable bonds is 2. The zero-order valence-electron chi connectivity index (χ0n) is 8.43. The summed E-state index contributed by atoms with van der Waals surface area (Å²) in [6.07, 6.45) is 4.29. The van der Waals surface area contributed by atoms with Gasteiger partial charge < -0.3 is 15.1 Å². The molecule has 2 fully saturated rings. The van der Waals surface area contributed by atoms with Gasteiger partial charge in [0.1, 0.15) is 11.8 Å². The third-order valence-corrected chi connectivity index (χ3v) is 3.18. The molecule has 2 N–H and O–H groups in total. The molecule has 1 saturated heterocycles. The van der Waals surface area contributed by atoms with E-state index in [9.17, 15) is 4.79 Å². The quantitative estimate of drug-likeness (QED) is 0.786. The molecule has 1 aliphatic carbocycles. The van der Waals surface area contributed by atoms with E-state index in [0.29, 0.717) is 12.5 Å². The van der Waals surface area contributed by atoms with Crippen molar-refractivity contribution >= 4 is 5.91 Å². The van der Waals surface area contributed by atoms with Gasteiger partial charge in [0, 0.05) is 18.5 Å². The Hall–Kier alpha value is -1.29. The van der Waals surface area contributed by atoms with Crippen molar-refractivity contribution in [3.63, 3.8) is 0 Å². The Balaban J connectivity index is 1.93. The maximum Gasteiger partial charge on any atom is 0.225 e. The van der Waals surface area contributed by atoms with E-state index >= 15 is 0 Å². The molecule has 0 aromatic carbocycles. The van der Waals surface area contributed by atoms with Gasteiger partial charge in [0.15, 0.2) is 0 Å². The van der Waals surface area contributed by atoms with Crippen LogP contribution in [0.5, 0.6) is 0 Å². The van der Waals surface area contributed by atoms with Gasteiger partial charge in [0.2, 0.25) is 5.91 Å². The van der Waals surface area contributed by atoms with Crippen LogP contribution in [-0.2, 0) is 4.79 Å². The van der Waals surface area contributed by atoms with E-state index in [1.165, 1.54) is 0 Å². The molecule has 15 heavy (non-hydrogen) atoms. The van der Waals surface area contributed by atoms with Crippen LogP contribution in [0.15, 0.2) is 22.8 Å². The first-order chi connectivity index (χ1) is 7.27. The normalized spacial score (nSPS) is 31.3. The molecule has 2 aliphatic rings. The zero-order chi connectivity index (χ0) is 10.4. The molecule has 4 nitrogen and oxygen atoms in total. The van der Waals surface area contributed by atoms with Crippen molar-refractivity contribution in [3.8, 4) is 0 Å². The summed E-state index contributed by atoms with van der Waals surface area (Å²) in [4.78, 5) is 13.7. The molecule has 1 aromatic rings. The first kappa shape index (κ1) is 8.97. The summed E-state index contributed by atoms with van der Waals surface area (Å²) in [5.74, 6) is 0.992. The Labute approximate surface area is 88.0 Å². The average molecular weight is 206 g/mol. The maximum absolute atomic E-state index is 11.8. The predicted molar refractivity (Wildman–Crippen MR) is 53.9 cm³/mol. The number of hydrogen-bond acceptors (Lipinski definition) is 3. The van der Waals surface area contributed by atoms with Crippen LogP contribution in [0.25, 0.3) is 0 Å². The third-order valence-electron chi connectivity index (χ3n) is 3.18. The van der Waals surface area contributed by atoms with Crippen LogP contribution in [0.1, 0.15) is 31.1 Å². The van der Waals surface area contributed by atoms with Gasteiger partial charge >= 0.3 is 0 Å². The molecule has 1 aromatic heterocycles. The Morgan fingerprint density at radius 1 is 1.47 bits per heavy atom. The molecule has 3 rings (SSSR count). The first-order valence-corrected chi connectivity index (χ1v) is 5.37. The van der Waals surface area contributed by atoms with E-state index in [2.05, 4.69) is 0 Å². The van der Waals surface area contributed by atoms with Crippen LogP contribution in [-0.4, -0.2) is 22.9 Å². The molecule has 0 bridgehead atoms. The molecule has 1 saturated carbocycles. The fraction of sp³-hybridized carbons (Fsp3) is 0.545. The molecule has 1 aliphatic heterocycles. The lowest BCUT2D eigenvalue weighted by molar-refractivity contribution is -0.129. The highest BCUT2D eigenvalue weighted by Gasteiger charge is 2.46.